The lowest BCUT2D eigenvalue weighted by atomic mass is 10.1. The molecule has 0 aromatic heterocycles. The van der Waals surface area contributed by atoms with Crippen LogP contribution in [0.25, 0.3) is 0 Å². The predicted molar refractivity (Wildman–Crippen MR) is 53.6 cm³/mol. The Bertz CT molecular complexity index is 381. The summed E-state index contributed by atoms with van der Waals surface area (Å²) in [6.45, 7) is 0. The van der Waals surface area contributed by atoms with E-state index in [2.05, 4.69) is 0 Å². The van der Waals surface area contributed by atoms with Crippen LogP contribution in [-0.4, -0.2) is 7.42 Å². The van der Waals surface area contributed by atoms with Crippen molar-refractivity contribution in [3.8, 4) is 0 Å². The van der Waals surface area contributed by atoms with Gasteiger partial charge in [0.2, 0.25) is 13.2 Å². The van der Waals surface area contributed by atoms with Crippen LogP contribution in [0.4, 0.5) is 22.0 Å². The maximum Gasteiger partial charge on any atom is 0.237 e. The van der Waals surface area contributed by atoms with Crippen molar-refractivity contribution >= 4 is 29.6 Å². The van der Waals surface area contributed by atoms with E-state index in [9.17, 15) is 22.0 Å². The standard InChI is InChI=1S/C8H5Cl2F5Si/c9-16(10)2-1-3-4(11)6(13)8(15)7(14)5(3)12/h16H,1-2H2. The molecule has 0 nitrogen and oxygen atoms in total. The molecule has 0 heterocycles. The molecule has 0 aliphatic rings. The summed E-state index contributed by atoms with van der Waals surface area (Å²) < 4.78 is 64.2. The molecule has 0 N–H and O–H groups in total. The summed E-state index contributed by atoms with van der Waals surface area (Å²) in [5.74, 6) is -9.70. The topological polar surface area (TPSA) is 0 Å². The minimum Gasteiger partial charge on any atom is -0.203 e. The Kier molecular flexibility index (Phi) is 4.58. The molecule has 0 fully saturated rings. The SMILES string of the molecule is Fc1c(F)c(F)c(CC[SiH](Cl)Cl)c(F)c1F. The predicted octanol–water partition coefficient (Wildman–Crippen LogP) is 3.62. The van der Waals surface area contributed by atoms with Gasteiger partial charge >= 0.3 is 0 Å². The number of halogens is 7. The van der Waals surface area contributed by atoms with Gasteiger partial charge in [-0.1, -0.05) is 0 Å². The van der Waals surface area contributed by atoms with Gasteiger partial charge in [0.15, 0.2) is 23.3 Å². The minimum absolute atomic E-state index is 0.0292. The number of benzene rings is 1. The first-order valence-electron chi connectivity index (χ1n) is 4.14. The van der Waals surface area contributed by atoms with Crippen LogP contribution in [-0.2, 0) is 6.42 Å². The molecule has 0 saturated heterocycles. The first-order valence-corrected chi connectivity index (χ1v) is 8.45. The van der Waals surface area contributed by atoms with Crippen molar-refractivity contribution in [1.82, 2.24) is 0 Å². The lowest BCUT2D eigenvalue weighted by molar-refractivity contribution is 0.370. The Morgan fingerprint density at radius 1 is 0.750 bits per heavy atom. The lowest BCUT2D eigenvalue weighted by Crippen LogP contribution is -2.08. The van der Waals surface area contributed by atoms with Crippen LogP contribution in [0.5, 0.6) is 0 Å². The van der Waals surface area contributed by atoms with Crippen LogP contribution >= 0.6 is 22.2 Å². The molecular formula is C8H5Cl2F5Si. The maximum absolute atomic E-state index is 13.1. The molecule has 0 bridgehead atoms. The van der Waals surface area contributed by atoms with E-state index in [0.29, 0.717) is 0 Å². The number of hydrogen-bond donors (Lipinski definition) is 0. The van der Waals surface area contributed by atoms with E-state index in [1.807, 2.05) is 0 Å². The highest BCUT2D eigenvalue weighted by Gasteiger charge is 2.25. The Morgan fingerprint density at radius 2 is 1.12 bits per heavy atom. The quantitative estimate of drug-likeness (QED) is 0.263. The zero-order valence-electron chi connectivity index (χ0n) is 7.64. The molecule has 0 amide bonds. The van der Waals surface area contributed by atoms with Gasteiger partial charge in [-0.3, -0.25) is 0 Å². The molecule has 0 saturated carbocycles. The van der Waals surface area contributed by atoms with Crippen molar-refractivity contribution in [2.45, 2.75) is 12.5 Å². The summed E-state index contributed by atoms with van der Waals surface area (Å²) in [5, 5.41) is 0. The second-order valence-electron chi connectivity index (χ2n) is 2.98. The molecule has 90 valence electrons. The average molecular weight is 295 g/mol. The third kappa shape index (κ3) is 2.67. The molecule has 1 rings (SSSR count). The Balaban J connectivity index is 3.18. The second-order valence-corrected chi connectivity index (χ2v) is 8.17. The first kappa shape index (κ1) is 13.7. The fourth-order valence-corrected chi connectivity index (χ4v) is 2.28. The summed E-state index contributed by atoms with van der Waals surface area (Å²) in [4.78, 5) is 0. The van der Waals surface area contributed by atoms with Crippen molar-refractivity contribution in [3.63, 3.8) is 0 Å². The third-order valence-corrected chi connectivity index (χ3v) is 3.95. The third-order valence-electron chi connectivity index (χ3n) is 1.91. The first-order chi connectivity index (χ1) is 7.36. The van der Waals surface area contributed by atoms with Gasteiger partial charge < -0.3 is 0 Å². The number of rotatable bonds is 3. The van der Waals surface area contributed by atoms with Crippen LogP contribution in [0.3, 0.4) is 0 Å². The fourth-order valence-electron chi connectivity index (χ4n) is 1.12. The minimum atomic E-state index is -2.16. The van der Waals surface area contributed by atoms with E-state index in [1.54, 1.807) is 0 Å². The Hall–Kier alpha value is -0.333. The highest BCUT2D eigenvalue weighted by molar-refractivity contribution is 7.33. The second kappa shape index (κ2) is 5.33. The Labute approximate surface area is 99.0 Å². The lowest BCUT2D eigenvalue weighted by Gasteiger charge is -2.07. The average Bonchev–Trinajstić information content (AvgIpc) is 2.23. The van der Waals surface area contributed by atoms with Gasteiger partial charge in [-0.25, -0.2) is 22.0 Å². The molecule has 0 atom stereocenters. The van der Waals surface area contributed by atoms with Gasteiger partial charge in [-0.2, -0.15) is 22.2 Å². The van der Waals surface area contributed by atoms with E-state index >= 15 is 0 Å². The van der Waals surface area contributed by atoms with E-state index in [1.165, 1.54) is 0 Å². The van der Waals surface area contributed by atoms with Crippen molar-refractivity contribution < 1.29 is 22.0 Å². The molecule has 0 aliphatic carbocycles. The smallest absolute Gasteiger partial charge is 0.203 e. The van der Waals surface area contributed by atoms with Crippen molar-refractivity contribution in [2.24, 2.45) is 0 Å². The Morgan fingerprint density at radius 3 is 1.50 bits per heavy atom. The normalized spacial score (nSPS) is 11.2. The highest BCUT2D eigenvalue weighted by Crippen LogP contribution is 2.24. The van der Waals surface area contributed by atoms with E-state index in [4.69, 9.17) is 22.2 Å². The van der Waals surface area contributed by atoms with Gasteiger partial charge in [0.1, 0.15) is 0 Å². The summed E-state index contributed by atoms with van der Waals surface area (Å²) in [7, 11) is -2.15. The van der Waals surface area contributed by atoms with Gasteiger partial charge in [0.25, 0.3) is 0 Å². The monoisotopic (exact) mass is 294 g/mol. The van der Waals surface area contributed by atoms with E-state index in [0.717, 1.165) is 0 Å². The van der Waals surface area contributed by atoms with Gasteiger partial charge in [0, 0.05) is 5.56 Å². The van der Waals surface area contributed by atoms with Crippen LogP contribution in [0.15, 0.2) is 0 Å². The molecule has 0 spiro atoms. The summed E-state index contributed by atoms with van der Waals surface area (Å²) in [5.41, 5.74) is -0.866. The molecule has 0 radical (unpaired) electrons. The molecule has 1 aromatic rings. The van der Waals surface area contributed by atoms with Gasteiger partial charge in [0.05, 0.1) is 0 Å². The highest BCUT2D eigenvalue weighted by atomic mass is 35.7. The van der Waals surface area contributed by atoms with Gasteiger partial charge in [-0.15, -0.1) is 0 Å². The van der Waals surface area contributed by atoms with Crippen molar-refractivity contribution in [1.29, 1.82) is 0 Å². The molecule has 8 heteroatoms. The van der Waals surface area contributed by atoms with Crippen LogP contribution in [0.2, 0.25) is 6.04 Å². The molecule has 0 aliphatic heterocycles. The summed E-state index contributed by atoms with van der Waals surface area (Å²) in [6, 6.07) is 0.0292. The van der Waals surface area contributed by atoms with Crippen molar-refractivity contribution in [3.05, 3.63) is 34.6 Å². The zero-order chi connectivity index (χ0) is 12.5. The molecular weight excluding hydrogens is 290 g/mol. The van der Waals surface area contributed by atoms with Crippen LogP contribution in [0, 0.1) is 29.1 Å². The maximum atomic E-state index is 13.1. The summed E-state index contributed by atoms with van der Waals surface area (Å²) in [6.07, 6.45) is -0.365. The number of hydrogen-bond acceptors (Lipinski definition) is 0. The fraction of sp³-hybridized carbons (Fsp3) is 0.250. The largest absolute Gasteiger partial charge is 0.237 e. The zero-order valence-corrected chi connectivity index (χ0v) is 10.3. The van der Waals surface area contributed by atoms with Crippen LogP contribution in [0.1, 0.15) is 5.56 Å². The van der Waals surface area contributed by atoms with E-state index < -0.39 is 42.1 Å². The summed E-state index contributed by atoms with van der Waals surface area (Å²) >= 11 is 10.9. The van der Waals surface area contributed by atoms with Gasteiger partial charge in [-0.05, 0) is 12.5 Å². The molecule has 1 aromatic carbocycles. The van der Waals surface area contributed by atoms with E-state index in [-0.39, 0.29) is 12.5 Å². The molecule has 0 unspecified atom stereocenters. The van der Waals surface area contributed by atoms with Crippen molar-refractivity contribution in [2.75, 3.05) is 0 Å². The van der Waals surface area contributed by atoms with Crippen LogP contribution < -0.4 is 0 Å². The molecule has 16 heavy (non-hydrogen) atoms.